The maximum atomic E-state index is 15.2. The third-order valence-electron chi connectivity index (χ3n) is 11.6. The third kappa shape index (κ3) is 5.86. The van der Waals surface area contributed by atoms with Crippen molar-refractivity contribution < 1.29 is 4.39 Å². The highest BCUT2D eigenvalue weighted by Gasteiger charge is 2.19. The zero-order valence-corrected chi connectivity index (χ0v) is 32.1. The molecule has 59 heavy (non-hydrogen) atoms. The Kier molecular flexibility index (Phi) is 8.37. The Balaban J connectivity index is 0.989. The van der Waals surface area contributed by atoms with Gasteiger partial charge in [-0.05, 0) is 122 Å². The number of nitrogens with zero attached hydrogens (tertiary/aromatic N) is 2. The van der Waals surface area contributed by atoms with Crippen LogP contribution < -0.4 is 4.90 Å². The molecule has 0 amide bonds. The van der Waals surface area contributed by atoms with E-state index in [9.17, 15) is 0 Å². The largest absolute Gasteiger partial charge is 0.311 e. The van der Waals surface area contributed by atoms with Gasteiger partial charge in [-0.1, -0.05) is 158 Å². The van der Waals surface area contributed by atoms with Crippen molar-refractivity contribution in [1.82, 2.24) is 4.57 Å². The molecule has 10 aromatic carbocycles. The average molecular weight is 757 g/mol. The molecule has 11 aromatic rings. The van der Waals surface area contributed by atoms with Crippen molar-refractivity contribution in [2.24, 2.45) is 0 Å². The first kappa shape index (κ1) is 34.5. The van der Waals surface area contributed by atoms with E-state index in [0.717, 1.165) is 50.0 Å². The lowest BCUT2D eigenvalue weighted by Gasteiger charge is -2.26. The molecule has 11 rings (SSSR count). The SMILES string of the molecule is Fc1ccccc1-n1c2ccccc2c2cc(-c3ccc(N(c4ccccc4)c4ccc(-c5c6ccccc6c(-c6ccccc6)c6ccccc56)cc4)cc3)ccc21. The van der Waals surface area contributed by atoms with E-state index >= 15 is 4.39 Å². The molecule has 0 aliphatic heterocycles. The molecular weight excluding hydrogens is 720 g/mol. The molecule has 0 N–H and O–H groups in total. The van der Waals surface area contributed by atoms with E-state index in [0.29, 0.717) is 5.69 Å². The van der Waals surface area contributed by atoms with Crippen LogP contribution in [0.4, 0.5) is 21.5 Å². The van der Waals surface area contributed by atoms with E-state index in [1.807, 2.05) is 28.8 Å². The highest BCUT2D eigenvalue weighted by atomic mass is 19.1. The molecule has 1 heterocycles. The zero-order chi connectivity index (χ0) is 39.3. The van der Waals surface area contributed by atoms with Crippen molar-refractivity contribution in [2.75, 3.05) is 4.90 Å². The summed E-state index contributed by atoms with van der Waals surface area (Å²) in [6.45, 7) is 0. The van der Waals surface area contributed by atoms with Crippen molar-refractivity contribution in [2.45, 2.75) is 0 Å². The van der Waals surface area contributed by atoms with Gasteiger partial charge in [-0.25, -0.2) is 4.39 Å². The van der Waals surface area contributed by atoms with E-state index in [1.165, 1.54) is 49.9 Å². The van der Waals surface area contributed by atoms with Crippen LogP contribution in [-0.2, 0) is 0 Å². The minimum Gasteiger partial charge on any atom is -0.311 e. The molecule has 0 radical (unpaired) electrons. The van der Waals surface area contributed by atoms with Gasteiger partial charge in [0.2, 0.25) is 0 Å². The second-order valence-electron chi connectivity index (χ2n) is 15.0. The maximum Gasteiger partial charge on any atom is 0.147 e. The number of fused-ring (bicyclic) bond motifs is 5. The topological polar surface area (TPSA) is 8.17 Å². The fourth-order valence-electron chi connectivity index (χ4n) is 9.00. The molecule has 0 saturated heterocycles. The van der Waals surface area contributed by atoms with Gasteiger partial charge in [0.1, 0.15) is 5.82 Å². The minimum atomic E-state index is -0.244. The second-order valence-corrected chi connectivity index (χ2v) is 15.0. The quantitative estimate of drug-likeness (QED) is 0.147. The van der Waals surface area contributed by atoms with Crippen LogP contribution in [0.25, 0.3) is 82.4 Å². The second kappa shape index (κ2) is 14.3. The first-order valence-electron chi connectivity index (χ1n) is 20.0. The Hall–Kier alpha value is -7.75. The summed E-state index contributed by atoms with van der Waals surface area (Å²) >= 11 is 0. The minimum absolute atomic E-state index is 0.244. The Morgan fingerprint density at radius 1 is 0.305 bits per heavy atom. The van der Waals surface area contributed by atoms with Gasteiger partial charge in [0.25, 0.3) is 0 Å². The molecule has 0 aliphatic rings. The van der Waals surface area contributed by atoms with Gasteiger partial charge in [-0.2, -0.15) is 0 Å². The summed E-state index contributed by atoms with van der Waals surface area (Å²) in [7, 11) is 0. The van der Waals surface area contributed by atoms with Gasteiger partial charge in [0.15, 0.2) is 0 Å². The summed E-state index contributed by atoms with van der Waals surface area (Å²) in [4.78, 5) is 2.31. The molecule has 278 valence electrons. The van der Waals surface area contributed by atoms with Crippen LogP contribution in [0.3, 0.4) is 0 Å². The fourth-order valence-corrected chi connectivity index (χ4v) is 9.00. The number of hydrogen-bond acceptors (Lipinski definition) is 1. The summed E-state index contributed by atoms with van der Waals surface area (Å²) in [5.74, 6) is -0.244. The number of benzene rings is 10. The highest BCUT2D eigenvalue weighted by Crippen LogP contribution is 2.45. The molecule has 0 bridgehead atoms. The molecule has 0 fully saturated rings. The van der Waals surface area contributed by atoms with E-state index in [1.54, 1.807) is 6.07 Å². The molecule has 0 unspecified atom stereocenters. The average Bonchev–Trinajstić information content (AvgIpc) is 3.63. The standard InChI is InChI=1S/C56H37FN2/c57-51-24-12-14-26-54(51)59-52-25-13-11-19-45(52)50-37-41(31-36-53(50)59)38-27-32-43(33-28-38)58(42-17-5-2-6-18-42)44-34-29-40(30-35-44)56-48-22-9-7-20-46(48)55(39-15-3-1-4-16-39)47-21-8-10-23-49(47)56/h1-37H. The van der Waals surface area contributed by atoms with Gasteiger partial charge in [-0.15, -0.1) is 0 Å². The van der Waals surface area contributed by atoms with Crippen molar-refractivity contribution >= 4 is 60.4 Å². The number of anilines is 3. The molecule has 0 saturated carbocycles. The summed E-state index contributed by atoms with van der Waals surface area (Å²) in [6.07, 6.45) is 0. The smallest absolute Gasteiger partial charge is 0.147 e. The Morgan fingerprint density at radius 2 is 0.729 bits per heavy atom. The van der Waals surface area contributed by atoms with Crippen LogP contribution in [0.5, 0.6) is 0 Å². The van der Waals surface area contributed by atoms with Crippen LogP contribution >= 0.6 is 0 Å². The van der Waals surface area contributed by atoms with Crippen LogP contribution in [0, 0.1) is 5.82 Å². The van der Waals surface area contributed by atoms with E-state index in [-0.39, 0.29) is 5.82 Å². The number of aromatic nitrogens is 1. The summed E-state index contributed by atoms with van der Waals surface area (Å²) in [5.41, 5.74) is 12.8. The summed E-state index contributed by atoms with van der Waals surface area (Å²) in [5, 5.41) is 7.16. The van der Waals surface area contributed by atoms with Gasteiger partial charge < -0.3 is 9.47 Å². The first-order valence-corrected chi connectivity index (χ1v) is 20.0. The molecule has 1 aromatic heterocycles. The molecule has 2 nitrogen and oxygen atoms in total. The Labute approximate surface area is 342 Å². The molecular formula is C56H37FN2. The predicted octanol–water partition coefficient (Wildman–Crippen LogP) is 15.7. The zero-order valence-electron chi connectivity index (χ0n) is 32.1. The summed E-state index contributed by atoms with van der Waals surface area (Å²) < 4.78 is 17.2. The van der Waals surface area contributed by atoms with E-state index < -0.39 is 0 Å². The number of hydrogen-bond donors (Lipinski definition) is 0. The van der Waals surface area contributed by atoms with Gasteiger partial charge >= 0.3 is 0 Å². The first-order chi connectivity index (χ1) is 29.2. The third-order valence-corrected chi connectivity index (χ3v) is 11.6. The molecule has 0 spiro atoms. The maximum absolute atomic E-state index is 15.2. The van der Waals surface area contributed by atoms with Crippen LogP contribution in [-0.4, -0.2) is 4.57 Å². The highest BCUT2D eigenvalue weighted by molar-refractivity contribution is 6.21. The molecule has 0 aliphatic carbocycles. The van der Waals surface area contributed by atoms with Crippen molar-refractivity contribution in [1.29, 1.82) is 0 Å². The Morgan fingerprint density at radius 3 is 1.32 bits per heavy atom. The number of halogens is 1. The van der Waals surface area contributed by atoms with E-state index in [2.05, 4.69) is 193 Å². The van der Waals surface area contributed by atoms with Gasteiger partial charge in [0, 0.05) is 27.8 Å². The number of rotatable bonds is 7. The number of para-hydroxylation sites is 3. The normalized spacial score (nSPS) is 11.5. The Bertz CT molecular complexity index is 3260. The molecule has 3 heteroatoms. The van der Waals surface area contributed by atoms with Gasteiger partial charge in [-0.3, -0.25) is 0 Å². The summed E-state index contributed by atoms with van der Waals surface area (Å²) in [6, 6.07) is 78.4. The lowest BCUT2D eigenvalue weighted by molar-refractivity contribution is 0.621. The van der Waals surface area contributed by atoms with Crippen molar-refractivity contribution in [3.05, 3.63) is 230 Å². The van der Waals surface area contributed by atoms with Gasteiger partial charge in [0.05, 0.1) is 16.7 Å². The fraction of sp³-hybridized carbons (Fsp3) is 0. The predicted molar refractivity (Wildman–Crippen MR) is 247 cm³/mol. The lowest BCUT2D eigenvalue weighted by atomic mass is 9.86. The van der Waals surface area contributed by atoms with E-state index in [4.69, 9.17) is 0 Å². The van der Waals surface area contributed by atoms with Crippen LogP contribution in [0.15, 0.2) is 224 Å². The lowest BCUT2D eigenvalue weighted by Crippen LogP contribution is -2.09. The van der Waals surface area contributed by atoms with Crippen molar-refractivity contribution in [3.8, 4) is 39.1 Å². The van der Waals surface area contributed by atoms with Crippen molar-refractivity contribution in [3.63, 3.8) is 0 Å². The van der Waals surface area contributed by atoms with Crippen LogP contribution in [0.2, 0.25) is 0 Å². The molecule has 0 atom stereocenters. The van der Waals surface area contributed by atoms with Crippen LogP contribution in [0.1, 0.15) is 0 Å². The monoisotopic (exact) mass is 756 g/mol.